The number of rotatable bonds is 10. The SMILES string of the molecule is C.C.CC(C)(C)C(=O)Cn1nc(C=O)c2ccccc21.CCCCO.Cc1cccc(C)c1N.Cc1cccc(C)c1N=Cc1nn(CC(=Nc2c(C)cccc2C)C(C)(C)C)c2ccccc12.[Cl][Fe][Cl].[Cl][Fe][Cl]. The maximum absolute atomic E-state index is 12.0. The zero-order valence-electron chi connectivity index (χ0n) is 43.7. The number of ketones is 1. The Morgan fingerprint density at radius 2 is 1.01 bits per heavy atom. The number of hydrogen-bond acceptors (Lipinski definition) is 8. The van der Waals surface area contributed by atoms with Gasteiger partial charge in [0.2, 0.25) is 0 Å². The first-order valence-corrected chi connectivity index (χ1v) is 29.4. The van der Waals surface area contributed by atoms with Crippen LogP contribution in [0.2, 0.25) is 0 Å². The van der Waals surface area contributed by atoms with Gasteiger partial charge in [0, 0.05) is 39.6 Å². The number of carbonyl (C=O) groups is 2. The predicted octanol–water partition coefficient (Wildman–Crippen LogP) is 17.0. The summed E-state index contributed by atoms with van der Waals surface area (Å²) in [6, 6.07) is 34.4. The Kier molecular flexibility index (Phi) is 33.0. The third kappa shape index (κ3) is 22.1. The topological polar surface area (TPSA) is 141 Å². The molecule has 7 rings (SSSR count). The van der Waals surface area contributed by atoms with Crippen molar-refractivity contribution in [1.29, 1.82) is 0 Å². The van der Waals surface area contributed by atoms with Gasteiger partial charge in [-0.05, 0) is 93.5 Å². The van der Waals surface area contributed by atoms with Crippen LogP contribution in [0.25, 0.3) is 21.8 Å². The number of aromatic nitrogens is 4. The van der Waals surface area contributed by atoms with Gasteiger partial charge in [0.05, 0.1) is 35.2 Å². The summed E-state index contributed by atoms with van der Waals surface area (Å²) in [6.07, 6.45) is 4.66. The van der Waals surface area contributed by atoms with Gasteiger partial charge in [-0.1, -0.05) is 161 Å². The van der Waals surface area contributed by atoms with Crippen LogP contribution in [0.15, 0.2) is 113 Å². The quantitative estimate of drug-likeness (QED) is 0.0605. The number of benzene rings is 5. The molecular weight excluding hydrogens is 1100 g/mol. The Bertz CT molecular complexity index is 2800. The van der Waals surface area contributed by atoms with Crippen molar-refractivity contribution >= 4 is 103 Å². The summed E-state index contributed by atoms with van der Waals surface area (Å²) in [5.74, 6) is 0.0909. The number of nitrogen functional groups attached to an aromatic ring is 1. The van der Waals surface area contributed by atoms with Gasteiger partial charge in [-0.3, -0.25) is 28.9 Å². The average Bonchev–Trinajstić information content (AvgIpc) is 3.86. The summed E-state index contributed by atoms with van der Waals surface area (Å²) in [7, 11) is 19.1. The van der Waals surface area contributed by atoms with Gasteiger partial charge in [-0.15, -0.1) is 0 Å². The number of aryl methyl sites for hydroxylation is 6. The molecule has 0 saturated carbocycles. The number of carbonyl (C=O) groups excluding carboxylic acids is 2. The van der Waals surface area contributed by atoms with E-state index < -0.39 is 5.41 Å². The molecule has 408 valence electrons. The van der Waals surface area contributed by atoms with E-state index in [9.17, 15) is 9.59 Å². The van der Waals surface area contributed by atoms with Crippen molar-refractivity contribution in [3.8, 4) is 0 Å². The third-order valence-electron chi connectivity index (χ3n) is 11.3. The molecule has 0 aliphatic rings. The predicted molar refractivity (Wildman–Crippen MR) is 314 cm³/mol. The molecule has 0 atom stereocenters. The number of aldehydes is 1. The molecule has 0 radical (unpaired) electrons. The van der Waals surface area contributed by atoms with Gasteiger partial charge >= 0.3 is 66.7 Å². The van der Waals surface area contributed by atoms with Crippen LogP contribution in [0.4, 0.5) is 17.1 Å². The number of aliphatic hydroxyl groups excluding tert-OH is 1. The van der Waals surface area contributed by atoms with E-state index in [1.165, 1.54) is 11.1 Å². The number of hydrogen-bond donors (Lipinski definition) is 2. The summed E-state index contributed by atoms with van der Waals surface area (Å²) < 4.78 is 3.67. The van der Waals surface area contributed by atoms with Crippen LogP contribution in [0.3, 0.4) is 0 Å². The van der Waals surface area contributed by atoms with Crippen molar-refractivity contribution in [2.24, 2.45) is 20.8 Å². The van der Waals surface area contributed by atoms with Crippen LogP contribution in [-0.2, 0) is 44.2 Å². The van der Waals surface area contributed by atoms with Crippen LogP contribution >= 0.6 is 40.4 Å². The molecular formula is C58H79Cl4Fe2N7O3. The van der Waals surface area contributed by atoms with E-state index in [4.69, 9.17) is 66.3 Å². The minimum absolute atomic E-state index is 0. The van der Waals surface area contributed by atoms with Gasteiger partial charge in [-0.25, -0.2) is 0 Å². The van der Waals surface area contributed by atoms with Crippen LogP contribution in [0.1, 0.15) is 126 Å². The Hall–Kier alpha value is -4.32. The van der Waals surface area contributed by atoms with Crippen molar-refractivity contribution in [3.05, 3.63) is 148 Å². The zero-order valence-corrected chi connectivity index (χ0v) is 49.0. The number of nitrogens with zero attached hydrogens (tertiary/aromatic N) is 6. The molecule has 10 nitrogen and oxygen atoms in total. The summed E-state index contributed by atoms with van der Waals surface area (Å²) in [5.41, 5.74) is 19.4. The second kappa shape index (κ2) is 35.1. The third-order valence-corrected chi connectivity index (χ3v) is 11.3. The van der Waals surface area contributed by atoms with E-state index >= 15 is 0 Å². The second-order valence-electron chi connectivity index (χ2n) is 18.9. The van der Waals surface area contributed by atoms with E-state index in [1.807, 2.05) is 83.3 Å². The number of halogens is 4. The Balaban J connectivity index is 0.00000111. The minimum atomic E-state index is -0.408. The molecule has 0 aliphatic carbocycles. The Labute approximate surface area is 472 Å². The molecule has 0 amide bonds. The molecule has 16 heteroatoms. The van der Waals surface area contributed by atoms with E-state index in [1.54, 1.807) is 4.68 Å². The monoisotopic (exact) mass is 1170 g/mol. The second-order valence-corrected chi connectivity index (χ2v) is 22.6. The van der Waals surface area contributed by atoms with Crippen LogP contribution in [-0.4, -0.2) is 55.3 Å². The number of para-hydroxylation sites is 5. The molecule has 0 bridgehead atoms. The summed E-state index contributed by atoms with van der Waals surface area (Å²) in [6.45, 7) is 28.0. The molecule has 3 N–H and O–H groups in total. The molecule has 0 aliphatic heterocycles. The number of aliphatic imine (C=N–C) groups is 2. The number of unbranched alkanes of at least 4 members (excludes halogenated alkanes) is 1. The first-order chi connectivity index (χ1) is 34.0. The zero-order chi connectivity index (χ0) is 54.2. The van der Waals surface area contributed by atoms with E-state index in [0.717, 1.165) is 91.7 Å². The number of aliphatic hydroxyl groups is 1. The standard InChI is InChI=1S/C30H34N4.C14H16N2O2.C8H11N.C4H10O.2CH4.4ClH.2Fe/c1-20-12-10-13-21(2)28(20)31-18-25-24-16-8-9-17-26(24)34(33-25)19-27(30(5,6)7)32-29-22(3)14-11-15-23(29)4;1-14(2,3)13(18)8-16-12-7-5-4-6-10(12)11(9-17)15-16;1-6-4-3-5-7(2)8(6)9;1-2-3-4-5;;;;;;;;/h8-18H,19H2,1-7H3;4-7,9H,8H2,1-3H3;3-5H,9H2,1-2H3;5H,2-4H2,1H3;2*1H4;4*1H;;/q;;;;;;;;;;2*+2/p-4. The van der Waals surface area contributed by atoms with Gasteiger partial charge in [0.15, 0.2) is 12.1 Å². The molecule has 0 spiro atoms. The molecule has 2 heterocycles. The van der Waals surface area contributed by atoms with Gasteiger partial charge in [0.1, 0.15) is 17.9 Å². The molecule has 2 aromatic heterocycles. The van der Waals surface area contributed by atoms with Crippen molar-refractivity contribution in [2.45, 2.75) is 131 Å². The fourth-order valence-electron chi connectivity index (χ4n) is 6.92. The van der Waals surface area contributed by atoms with E-state index in [2.05, 4.69) is 126 Å². The molecule has 0 saturated heterocycles. The first kappa shape index (κ1) is 69.7. The first-order valence-electron chi connectivity index (χ1n) is 23.3. The van der Waals surface area contributed by atoms with Crippen LogP contribution in [0, 0.1) is 52.4 Å². The fraction of sp³-hybridized carbons (Fsp3) is 0.379. The van der Waals surface area contributed by atoms with Gasteiger partial charge in [-0.2, -0.15) is 10.2 Å². The molecule has 74 heavy (non-hydrogen) atoms. The number of nitrogens with two attached hydrogens (primary N) is 1. The molecule has 5 aromatic carbocycles. The van der Waals surface area contributed by atoms with E-state index in [0.29, 0.717) is 18.8 Å². The van der Waals surface area contributed by atoms with Crippen molar-refractivity contribution in [2.75, 3.05) is 12.3 Å². The van der Waals surface area contributed by atoms with Crippen molar-refractivity contribution < 1.29 is 41.0 Å². The number of anilines is 1. The van der Waals surface area contributed by atoms with E-state index in [-0.39, 0.29) is 58.9 Å². The Morgan fingerprint density at radius 1 is 0.622 bits per heavy atom. The molecule has 0 unspecified atom stereocenters. The number of fused-ring (bicyclic) bond motifs is 2. The summed E-state index contributed by atoms with van der Waals surface area (Å²) in [5, 5.41) is 19.1. The Morgan fingerprint density at radius 3 is 1.39 bits per heavy atom. The van der Waals surface area contributed by atoms with Crippen LogP contribution < -0.4 is 5.73 Å². The van der Waals surface area contributed by atoms with Crippen LogP contribution in [0.5, 0.6) is 0 Å². The molecule has 0 fully saturated rings. The fourth-order valence-corrected chi connectivity index (χ4v) is 6.92. The van der Waals surface area contributed by atoms with Crippen molar-refractivity contribution in [1.82, 2.24) is 19.6 Å². The summed E-state index contributed by atoms with van der Waals surface area (Å²) in [4.78, 5) is 33.0. The van der Waals surface area contributed by atoms with Crippen molar-refractivity contribution in [3.63, 3.8) is 0 Å². The average molecular weight is 1180 g/mol. The van der Waals surface area contributed by atoms with Gasteiger partial charge in [0.25, 0.3) is 0 Å². The number of Topliss-reactive ketones (excluding diaryl/α,β-unsaturated/α-hetero) is 1. The van der Waals surface area contributed by atoms with Gasteiger partial charge < -0.3 is 10.8 Å². The normalized spacial score (nSPS) is 11.0. The molecule has 7 aromatic rings. The summed E-state index contributed by atoms with van der Waals surface area (Å²) >= 11 is 0.389. The maximum atomic E-state index is 12.0.